The Morgan fingerprint density at radius 3 is 2.15 bits per heavy atom. The van der Waals surface area contributed by atoms with Crippen molar-refractivity contribution in [2.45, 2.75) is 103 Å². The van der Waals surface area contributed by atoms with E-state index >= 15 is 0 Å². The Hall–Kier alpha value is -1.16. The van der Waals surface area contributed by atoms with Gasteiger partial charge in [-0.1, -0.05) is 70.4 Å². The fraction of sp³-hybridized carbons (Fsp3) is 0.818. The third-order valence-electron chi connectivity index (χ3n) is 5.00. The van der Waals surface area contributed by atoms with Crippen LogP contribution < -0.4 is 0 Å². The van der Waals surface area contributed by atoms with E-state index in [1.54, 1.807) is 11.2 Å². The average molecular weight is 365 g/mol. The van der Waals surface area contributed by atoms with Crippen molar-refractivity contribution in [2.24, 2.45) is 4.99 Å². The minimum absolute atomic E-state index is 0.0732. The Morgan fingerprint density at radius 1 is 1.00 bits per heavy atom. The van der Waals surface area contributed by atoms with Crippen molar-refractivity contribution in [3.05, 3.63) is 12.2 Å². The Labute approximate surface area is 160 Å². The van der Waals surface area contributed by atoms with Gasteiger partial charge in [-0.2, -0.15) is 0 Å². The number of unbranched alkanes of at least 4 members (excludes halogenated alkanes) is 11. The second kappa shape index (κ2) is 16.0. The quantitative estimate of drug-likeness (QED) is 0.283. The summed E-state index contributed by atoms with van der Waals surface area (Å²) in [7, 11) is 0. The Kier molecular flexibility index (Phi) is 14.1. The van der Waals surface area contributed by atoms with Crippen molar-refractivity contribution >= 4 is 12.1 Å². The van der Waals surface area contributed by atoms with E-state index in [2.05, 4.69) is 24.1 Å². The average Bonchev–Trinajstić information content (AvgIpc) is 3.18. The number of carbonyl (C=O) groups is 1. The maximum absolute atomic E-state index is 11.9. The lowest BCUT2D eigenvalue weighted by Gasteiger charge is -2.20. The van der Waals surface area contributed by atoms with Gasteiger partial charge in [0.15, 0.2) is 12.0 Å². The first-order valence-corrected chi connectivity index (χ1v) is 10.9. The summed E-state index contributed by atoms with van der Waals surface area (Å²) in [4.78, 5) is 17.6. The molecule has 4 nitrogen and oxygen atoms in total. The van der Waals surface area contributed by atoms with Crippen LogP contribution in [0.15, 0.2) is 17.1 Å². The SMILES string of the molecule is CCCCCCCCC=CCCCCCCCC(=O)C(O)N1C=NCC1. The minimum Gasteiger partial charge on any atom is -0.367 e. The topological polar surface area (TPSA) is 52.9 Å². The number of aliphatic hydroxyl groups is 1. The first-order chi connectivity index (χ1) is 12.8. The Balaban J connectivity index is 1.83. The number of carbonyl (C=O) groups excluding carboxylic acids is 1. The molecule has 1 unspecified atom stereocenters. The molecule has 26 heavy (non-hydrogen) atoms. The van der Waals surface area contributed by atoms with Crippen LogP contribution in [0.4, 0.5) is 0 Å². The summed E-state index contributed by atoms with van der Waals surface area (Å²) >= 11 is 0. The second-order valence-electron chi connectivity index (χ2n) is 7.43. The summed E-state index contributed by atoms with van der Waals surface area (Å²) in [5.74, 6) is -0.0732. The first kappa shape index (κ1) is 22.9. The highest BCUT2D eigenvalue weighted by Crippen LogP contribution is 2.11. The lowest BCUT2D eigenvalue weighted by atomic mass is 10.1. The number of aliphatic imine (C=N–C) groups is 1. The highest BCUT2D eigenvalue weighted by Gasteiger charge is 2.22. The smallest absolute Gasteiger partial charge is 0.187 e. The van der Waals surface area contributed by atoms with Gasteiger partial charge in [0.1, 0.15) is 0 Å². The van der Waals surface area contributed by atoms with E-state index in [1.165, 1.54) is 70.6 Å². The molecule has 0 bridgehead atoms. The third-order valence-corrected chi connectivity index (χ3v) is 5.00. The van der Waals surface area contributed by atoms with E-state index in [1.807, 2.05) is 0 Å². The fourth-order valence-corrected chi connectivity index (χ4v) is 3.26. The summed E-state index contributed by atoms with van der Waals surface area (Å²) in [5, 5.41) is 9.91. The largest absolute Gasteiger partial charge is 0.367 e. The zero-order valence-electron chi connectivity index (χ0n) is 16.9. The lowest BCUT2D eigenvalue weighted by molar-refractivity contribution is -0.133. The van der Waals surface area contributed by atoms with Gasteiger partial charge in [0, 0.05) is 13.0 Å². The highest BCUT2D eigenvalue weighted by atomic mass is 16.3. The Morgan fingerprint density at radius 2 is 1.58 bits per heavy atom. The molecule has 0 amide bonds. The zero-order valence-corrected chi connectivity index (χ0v) is 16.9. The predicted molar refractivity (Wildman–Crippen MR) is 111 cm³/mol. The molecule has 1 aliphatic heterocycles. The van der Waals surface area contributed by atoms with Crippen LogP contribution in [-0.4, -0.2) is 41.4 Å². The van der Waals surface area contributed by atoms with Gasteiger partial charge < -0.3 is 10.0 Å². The standard InChI is InChI=1S/C22H40N2O2/c1-2-3-4-5-6-7-8-9-10-11-12-13-14-15-16-17-21(25)22(26)24-19-18-23-20-24/h9-10,20,22,26H,2-8,11-19H2,1H3. The molecule has 0 saturated heterocycles. The van der Waals surface area contributed by atoms with Crippen LogP contribution in [0.2, 0.25) is 0 Å². The molecule has 0 saturated carbocycles. The number of hydrogen-bond donors (Lipinski definition) is 1. The maximum Gasteiger partial charge on any atom is 0.187 e. The van der Waals surface area contributed by atoms with E-state index in [4.69, 9.17) is 0 Å². The van der Waals surface area contributed by atoms with E-state index in [-0.39, 0.29) is 5.78 Å². The van der Waals surface area contributed by atoms with Gasteiger partial charge in [-0.3, -0.25) is 9.79 Å². The van der Waals surface area contributed by atoms with Crippen LogP contribution in [0.25, 0.3) is 0 Å². The molecule has 1 N–H and O–H groups in total. The third kappa shape index (κ3) is 11.5. The molecule has 0 spiro atoms. The van der Waals surface area contributed by atoms with E-state index in [0.29, 0.717) is 19.5 Å². The number of allylic oxidation sites excluding steroid dienone is 2. The molecule has 0 aromatic rings. The summed E-state index contributed by atoms with van der Waals surface area (Å²) in [6.07, 6.45) is 22.0. The Bertz CT molecular complexity index is 407. The lowest BCUT2D eigenvalue weighted by Crippen LogP contribution is -2.39. The summed E-state index contributed by atoms with van der Waals surface area (Å²) < 4.78 is 0. The van der Waals surface area contributed by atoms with Gasteiger partial charge in [-0.15, -0.1) is 0 Å². The molecule has 1 heterocycles. The van der Waals surface area contributed by atoms with Gasteiger partial charge in [0.05, 0.1) is 12.9 Å². The fourth-order valence-electron chi connectivity index (χ4n) is 3.26. The monoisotopic (exact) mass is 364 g/mol. The molecule has 1 rings (SSSR count). The van der Waals surface area contributed by atoms with Crippen LogP contribution in [0.3, 0.4) is 0 Å². The van der Waals surface area contributed by atoms with Crippen molar-refractivity contribution < 1.29 is 9.90 Å². The molecule has 0 aromatic heterocycles. The molecule has 150 valence electrons. The number of rotatable bonds is 17. The molecule has 1 aliphatic rings. The molecule has 0 fully saturated rings. The van der Waals surface area contributed by atoms with Crippen LogP contribution >= 0.6 is 0 Å². The van der Waals surface area contributed by atoms with Gasteiger partial charge in [-0.05, 0) is 32.1 Å². The molecule has 0 radical (unpaired) electrons. The summed E-state index contributed by atoms with van der Waals surface area (Å²) in [6, 6.07) is 0. The van der Waals surface area contributed by atoms with Gasteiger partial charge in [0.25, 0.3) is 0 Å². The van der Waals surface area contributed by atoms with Crippen molar-refractivity contribution in [3.63, 3.8) is 0 Å². The van der Waals surface area contributed by atoms with Crippen molar-refractivity contribution in [1.82, 2.24) is 4.90 Å². The minimum atomic E-state index is -0.988. The molecule has 4 heteroatoms. The van der Waals surface area contributed by atoms with Crippen LogP contribution in [0, 0.1) is 0 Å². The van der Waals surface area contributed by atoms with Crippen LogP contribution in [0.5, 0.6) is 0 Å². The normalized spacial score (nSPS) is 15.2. The molecule has 0 aliphatic carbocycles. The van der Waals surface area contributed by atoms with Crippen LogP contribution in [-0.2, 0) is 4.79 Å². The van der Waals surface area contributed by atoms with Crippen molar-refractivity contribution in [2.75, 3.05) is 13.1 Å². The van der Waals surface area contributed by atoms with Gasteiger partial charge in [0.2, 0.25) is 0 Å². The van der Waals surface area contributed by atoms with Crippen LogP contribution in [0.1, 0.15) is 96.8 Å². The van der Waals surface area contributed by atoms with E-state index < -0.39 is 6.23 Å². The summed E-state index contributed by atoms with van der Waals surface area (Å²) in [5.41, 5.74) is 0. The number of hydrogen-bond acceptors (Lipinski definition) is 4. The number of Topliss-reactive ketones (excluding diaryl/α,β-unsaturated/α-hetero) is 1. The summed E-state index contributed by atoms with van der Waals surface area (Å²) in [6.45, 7) is 3.59. The van der Waals surface area contributed by atoms with E-state index in [9.17, 15) is 9.90 Å². The van der Waals surface area contributed by atoms with Crippen molar-refractivity contribution in [1.29, 1.82) is 0 Å². The second-order valence-corrected chi connectivity index (χ2v) is 7.43. The molecular weight excluding hydrogens is 324 g/mol. The number of ketones is 1. The maximum atomic E-state index is 11.9. The predicted octanol–water partition coefficient (Wildman–Crippen LogP) is 5.26. The zero-order chi connectivity index (χ0) is 18.9. The number of aliphatic hydroxyl groups excluding tert-OH is 1. The first-order valence-electron chi connectivity index (χ1n) is 10.9. The molecule has 0 aromatic carbocycles. The highest BCUT2D eigenvalue weighted by molar-refractivity contribution is 5.84. The van der Waals surface area contributed by atoms with Gasteiger partial charge >= 0.3 is 0 Å². The number of nitrogens with zero attached hydrogens (tertiary/aromatic N) is 2. The van der Waals surface area contributed by atoms with E-state index in [0.717, 1.165) is 12.8 Å². The molecule has 1 atom stereocenters. The molecular formula is C22H40N2O2. The van der Waals surface area contributed by atoms with Crippen molar-refractivity contribution in [3.8, 4) is 0 Å². The van der Waals surface area contributed by atoms with Gasteiger partial charge in [-0.25, -0.2) is 0 Å².